The Balaban J connectivity index is 1.66. The van der Waals surface area contributed by atoms with E-state index in [1.807, 2.05) is 42.5 Å². The number of carbonyl (C=O) groups is 2. The Kier molecular flexibility index (Phi) is 8.40. The third-order valence-electron chi connectivity index (χ3n) is 4.19. The summed E-state index contributed by atoms with van der Waals surface area (Å²) in [5, 5.41) is 5.66. The van der Waals surface area contributed by atoms with Crippen molar-refractivity contribution in [2.75, 3.05) is 11.9 Å². The third-order valence-corrected chi connectivity index (χ3v) is 4.19. The van der Waals surface area contributed by atoms with E-state index in [0.717, 1.165) is 17.7 Å². The Morgan fingerprint density at radius 1 is 0.846 bits per heavy atom. The van der Waals surface area contributed by atoms with Crippen LogP contribution < -0.4 is 10.6 Å². The first kappa shape index (κ1) is 19.7. The fraction of sp³-hybridized carbons (Fsp3) is 0.364. The molecule has 138 valence electrons. The van der Waals surface area contributed by atoms with Crippen LogP contribution in [0.1, 0.15) is 43.7 Å². The number of anilines is 1. The number of nitrogens with one attached hydrogen (secondary N) is 2. The summed E-state index contributed by atoms with van der Waals surface area (Å²) in [7, 11) is 0. The molecule has 2 aromatic rings. The van der Waals surface area contributed by atoms with Crippen LogP contribution in [0.25, 0.3) is 0 Å². The molecule has 2 amide bonds. The van der Waals surface area contributed by atoms with E-state index >= 15 is 0 Å². The largest absolute Gasteiger partial charge is 0.355 e. The highest BCUT2D eigenvalue weighted by atomic mass is 16.2. The van der Waals surface area contributed by atoms with Gasteiger partial charge in [0.1, 0.15) is 0 Å². The minimum absolute atomic E-state index is 0.0690. The van der Waals surface area contributed by atoms with Gasteiger partial charge in [-0.05, 0) is 36.1 Å². The molecule has 0 heterocycles. The molecule has 2 aromatic carbocycles. The monoisotopic (exact) mass is 352 g/mol. The molecule has 0 aliphatic heterocycles. The number of hydrogen-bond donors (Lipinski definition) is 2. The minimum Gasteiger partial charge on any atom is -0.355 e. The lowest BCUT2D eigenvalue weighted by Gasteiger charge is -2.08. The summed E-state index contributed by atoms with van der Waals surface area (Å²) in [4.78, 5) is 23.8. The molecule has 4 nitrogen and oxygen atoms in total. The van der Waals surface area contributed by atoms with Crippen LogP contribution in [0.3, 0.4) is 0 Å². The van der Waals surface area contributed by atoms with Gasteiger partial charge in [0, 0.05) is 18.7 Å². The minimum atomic E-state index is -0.0938. The summed E-state index contributed by atoms with van der Waals surface area (Å²) in [6.45, 7) is 2.54. The zero-order valence-electron chi connectivity index (χ0n) is 15.5. The molecule has 0 spiro atoms. The molecule has 2 N–H and O–H groups in total. The predicted molar refractivity (Wildman–Crippen MR) is 106 cm³/mol. The van der Waals surface area contributed by atoms with Crippen LogP contribution in [-0.4, -0.2) is 18.4 Å². The van der Waals surface area contributed by atoms with Crippen LogP contribution in [0.15, 0.2) is 54.6 Å². The molecule has 0 aromatic heterocycles. The molecule has 0 saturated heterocycles. The van der Waals surface area contributed by atoms with Crippen molar-refractivity contribution in [2.24, 2.45) is 0 Å². The number of carbonyl (C=O) groups excluding carboxylic acids is 2. The average Bonchev–Trinajstić information content (AvgIpc) is 2.64. The summed E-state index contributed by atoms with van der Waals surface area (Å²) >= 11 is 0. The maximum absolute atomic E-state index is 12.0. The molecular formula is C22H28N2O2. The van der Waals surface area contributed by atoms with Crippen molar-refractivity contribution in [3.8, 4) is 0 Å². The molecule has 0 saturated carbocycles. The van der Waals surface area contributed by atoms with Gasteiger partial charge < -0.3 is 10.6 Å². The van der Waals surface area contributed by atoms with Gasteiger partial charge in [-0.15, -0.1) is 0 Å². The zero-order chi connectivity index (χ0) is 18.6. The molecule has 0 radical (unpaired) electrons. The molecule has 0 fully saturated rings. The highest BCUT2D eigenvalue weighted by Crippen LogP contribution is 2.12. The Hall–Kier alpha value is -2.62. The molecule has 0 aliphatic rings. The Morgan fingerprint density at radius 2 is 1.58 bits per heavy atom. The molecule has 0 aliphatic carbocycles. The Morgan fingerprint density at radius 3 is 2.27 bits per heavy atom. The number of hydrogen-bond acceptors (Lipinski definition) is 2. The van der Waals surface area contributed by atoms with Crippen molar-refractivity contribution in [3.63, 3.8) is 0 Å². The van der Waals surface area contributed by atoms with Gasteiger partial charge in [0.2, 0.25) is 11.8 Å². The Labute approximate surface area is 156 Å². The Bertz CT molecular complexity index is 681. The van der Waals surface area contributed by atoms with Gasteiger partial charge >= 0.3 is 0 Å². The van der Waals surface area contributed by atoms with Crippen LogP contribution in [0.5, 0.6) is 0 Å². The quantitative estimate of drug-likeness (QED) is 0.632. The molecule has 4 heteroatoms. The maximum atomic E-state index is 12.0. The number of rotatable bonds is 10. The topological polar surface area (TPSA) is 58.2 Å². The van der Waals surface area contributed by atoms with Gasteiger partial charge in [-0.2, -0.15) is 0 Å². The number of unbranched alkanes of at least 4 members (excludes halogenated alkanes) is 2. The fourth-order valence-corrected chi connectivity index (χ4v) is 2.72. The summed E-state index contributed by atoms with van der Waals surface area (Å²) in [5.74, 6) is -0.163. The lowest BCUT2D eigenvalue weighted by Crippen LogP contribution is -2.28. The van der Waals surface area contributed by atoms with Crippen LogP contribution in [-0.2, 0) is 22.4 Å². The van der Waals surface area contributed by atoms with E-state index in [2.05, 4.69) is 29.7 Å². The second-order valence-corrected chi connectivity index (χ2v) is 6.46. The predicted octanol–water partition coefficient (Wildman–Crippen LogP) is 4.11. The van der Waals surface area contributed by atoms with Crippen LogP contribution in [0, 0.1) is 0 Å². The second-order valence-electron chi connectivity index (χ2n) is 6.46. The van der Waals surface area contributed by atoms with Gasteiger partial charge in [-0.25, -0.2) is 0 Å². The standard InChI is InChI=1S/C22H28N2O2/c1-2-3-5-8-18-11-13-20(14-12-18)24-21(25)15-16-23-22(26)17-19-9-6-4-7-10-19/h4,6-7,9-14H,2-3,5,8,15-17H2,1H3,(H,23,26)(H,24,25). The SMILES string of the molecule is CCCCCc1ccc(NC(=O)CCNC(=O)Cc2ccccc2)cc1. The first-order valence-corrected chi connectivity index (χ1v) is 9.37. The highest BCUT2D eigenvalue weighted by molar-refractivity contribution is 5.91. The van der Waals surface area contributed by atoms with E-state index in [1.54, 1.807) is 0 Å². The van der Waals surface area contributed by atoms with Crippen molar-refractivity contribution < 1.29 is 9.59 Å². The van der Waals surface area contributed by atoms with Crippen molar-refractivity contribution >= 4 is 17.5 Å². The number of benzene rings is 2. The maximum Gasteiger partial charge on any atom is 0.226 e. The highest BCUT2D eigenvalue weighted by Gasteiger charge is 2.06. The van der Waals surface area contributed by atoms with Crippen molar-refractivity contribution in [2.45, 2.75) is 45.4 Å². The number of aryl methyl sites for hydroxylation is 1. The number of amides is 2. The van der Waals surface area contributed by atoms with E-state index in [-0.39, 0.29) is 18.2 Å². The average molecular weight is 352 g/mol. The third kappa shape index (κ3) is 7.51. The summed E-state index contributed by atoms with van der Waals surface area (Å²) in [6.07, 6.45) is 5.34. The molecular weight excluding hydrogens is 324 g/mol. The van der Waals surface area contributed by atoms with Gasteiger partial charge in [0.15, 0.2) is 0 Å². The van der Waals surface area contributed by atoms with Gasteiger partial charge in [0.25, 0.3) is 0 Å². The fourth-order valence-electron chi connectivity index (χ4n) is 2.72. The van der Waals surface area contributed by atoms with E-state index in [0.29, 0.717) is 13.0 Å². The van der Waals surface area contributed by atoms with E-state index in [1.165, 1.54) is 24.8 Å². The zero-order valence-corrected chi connectivity index (χ0v) is 15.5. The van der Waals surface area contributed by atoms with E-state index < -0.39 is 0 Å². The lowest BCUT2D eigenvalue weighted by atomic mass is 10.1. The molecule has 0 bridgehead atoms. The first-order valence-electron chi connectivity index (χ1n) is 9.37. The van der Waals surface area contributed by atoms with Crippen LogP contribution in [0.4, 0.5) is 5.69 Å². The van der Waals surface area contributed by atoms with Gasteiger partial charge in [-0.1, -0.05) is 62.2 Å². The van der Waals surface area contributed by atoms with E-state index in [4.69, 9.17) is 0 Å². The summed E-state index contributed by atoms with van der Waals surface area (Å²) < 4.78 is 0. The van der Waals surface area contributed by atoms with Crippen molar-refractivity contribution in [3.05, 3.63) is 65.7 Å². The molecule has 2 rings (SSSR count). The van der Waals surface area contributed by atoms with Crippen molar-refractivity contribution in [1.29, 1.82) is 0 Å². The molecule has 0 atom stereocenters. The summed E-state index contributed by atoms with van der Waals surface area (Å²) in [5.41, 5.74) is 3.06. The molecule has 26 heavy (non-hydrogen) atoms. The normalized spacial score (nSPS) is 10.3. The molecule has 0 unspecified atom stereocenters. The van der Waals surface area contributed by atoms with E-state index in [9.17, 15) is 9.59 Å². The van der Waals surface area contributed by atoms with Gasteiger partial charge in [-0.3, -0.25) is 9.59 Å². The van der Waals surface area contributed by atoms with Gasteiger partial charge in [0.05, 0.1) is 6.42 Å². The van der Waals surface area contributed by atoms with Crippen LogP contribution >= 0.6 is 0 Å². The van der Waals surface area contributed by atoms with Crippen molar-refractivity contribution in [1.82, 2.24) is 5.32 Å². The smallest absolute Gasteiger partial charge is 0.226 e. The lowest BCUT2D eigenvalue weighted by molar-refractivity contribution is -0.120. The first-order chi connectivity index (χ1) is 12.7. The summed E-state index contributed by atoms with van der Waals surface area (Å²) in [6, 6.07) is 17.6. The van der Waals surface area contributed by atoms with Crippen LogP contribution in [0.2, 0.25) is 0 Å². The second kappa shape index (κ2) is 11.1.